The van der Waals surface area contributed by atoms with E-state index >= 15 is 0 Å². The highest BCUT2D eigenvalue weighted by molar-refractivity contribution is 5.06. The molecule has 0 bridgehead atoms. The number of hydrogen-bond donors (Lipinski definition) is 1. The SMILES string of the molecule is COC1(c2noc([C@@H]3CCCCN3)n2)CCCC(C)C1. The Labute approximate surface area is 120 Å². The predicted molar refractivity (Wildman–Crippen MR) is 75.2 cm³/mol. The van der Waals surface area contributed by atoms with Crippen LogP contribution in [0, 0.1) is 5.92 Å². The molecule has 0 spiro atoms. The van der Waals surface area contributed by atoms with Gasteiger partial charge in [0.2, 0.25) is 11.7 Å². The molecule has 1 aliphatic heterocycles. The van der Waals surface area contributed by atoms with Gasteiger partial charge in [-0.2, -0.15) is 4.98 Å². The zero-order chi connectivity index (χ0) is 14.0. The van der Waals surface area contributed by atoms with Crippen LogP contribution in [-0.4, -0.2) is 23.8 Å². The third-order valence-electron chi connectivity index (χ3n) is 4.80. The molecule has 2 aliphatic rings. The molecular formula is C15H25N3O2. The highest BCUT2D eigenvalue weighted by Gasteiger charge is 2.41. The minimum absolute atomic E-state index is 0.222. The molecule has 5 heteroatoms. The van der Waals surface area contributed by atoms with Crippen LogP contribution in [0.15, 0.2) is 4.52 Å². The van der Waals surface area contributed by atoms with Gasteiger partial charge >= 0.3 is 0 Å². The molecule has 1 N–H and O–H groups in total. The number of aromatic nitrogens is 2. The van der Waals surface area contributed by atoms with Gasteiger partial charge in [-0.05, 0) is 44.6 Å². The highest BCUT2D eigenvalue weighted by atomic mass is 16.5. The quantitative estimate of drug-likeness (QED) is 0.921. The van der Waals surface area contributed by atoms with E-state index in [0.29, 0.717) is 5.92 Å². The maximum absolute atomic E-state index is 5.83. The lowest BCUT2D eigenvalue weighted by molar-refractivity contribution is -0.0658. The maximum Gasteiger partial charge on any atom is 0.243 e. The number of nitrogens with zero attached hydrogens (tertiary/aromatic N) is 2. The number of ether oxygens (including phenoxy) is 1. The zero-order valence-corrected chi connectivity index (χ0v) is 12.5. The van der Waals surface area contributed by atoms with Crippen LogP contribution in [0.25, 0.3) is 0 Å². The highest BCUT2D eigenvalue weighted by Crippen LogP contribution is 2.41. The Hall–Kier alpha value is -0.940. The summed E-state index contributed by atoms with van der Waals surface area (Å²) in [5.74, 6) is 2.13. The van der Waals surface area contributed by atoms with E-state index in [4.69, 9.17) is 9.26 Å². The topological polar surface area (TPSA) is 60.2 Å². The lowest BCUT2D eigenvalue weighted by Gasteiger charge is -2.36. The van der Waals surface area contributed by atoms with Crippen molar-refractivity contribution in [2.45, 2.75) is 63.5 Å². The fourth-order valence-corrected chi connectivity index (χ4v) is 3.61. The molecule has 1 aromatic heterocycles. The van der Waals surface area contributed by atoms with Gasteiger partial charge in [0.15, 0.2) is 0 Å². The number of nitrogens with one attached hydrogen (secondary N) is 1. The van der Waals surface area contributed by atoms with Crippen molar-refractivity contribution in [2.75, 3.05) is 13.7 Å². The molecule has 1 aliphatic carbocycles. The maximum atomic E-state index is 5.83. The van der Waals surface area contributed by atoms with Crippen molar-refractivity contribution in [3.05, 3.63) is 11.7 Å². The van der Waals surface area contributed by atoms with Gasteiger partial charge in [0.1, 0.15) is 5.60 Å². The van der Waals surface area contributed by atoms with Crippen LogP contribution in [-0.2, 0) is 10.3 Å². The number of methoxy groups -OCH3 is 1. The Bertz CT molecular complexity index is 442. The van der Waals surface area contributed by atoms with Crippen LogP contribution >= 0.6 is 0 Å². The van der Waals surface area contributed by atoms with Crippen molar-refractivity contribution in [3.63, 3.8) is 0 Å². The largest absolute Gasteiger partial charge is 0.370 e. The standard InChI is InChI=1S/C15H25N3O2/c1-11-6-5-8-15(10-11,19-2)14-17-13(20-18-14)12-7-3-4-9-16-12/h11-12,16H,3-10H2,1-2H3/t11?,12-,15?/m0/s1. The Kier molecular flexibility index (Phi) is 4.08. The van der Waals surface area contributed by atoms with E-state index in [1.165, 1.54) is 25.7 Å². The molecule has 2 fully saturated rings. The van der Waals surface area contributed by atoms with Gasteiger partial charge < -0.3 is 14.6 Å². The van der Waals surface area contributed by atoms with Crippen molar-refractivity contribution < 1.29 is 9.26 Å². The average molecular weight is 279 g/mol. The van der Waals surface area contributed by atoms with Gasteiger partial charge in [-0.25, -0.2) is 0 Å². The molecular weight excluding hydrogens is 254 g/mol. The third-order valence-corrected chi connectivity index (χ3v) is 4.80. The van der Waals surface area contributed by atoms with E-state index in [2.05, 4.69) is 22.4 Å². The Morgan fingerprint density at radius 1 is 1.30 bits per heavy atom. The van der Waals surface area contributed by atoms with Crippen LogP contribution in [0.4, 0.5) is 0 Å². The second-order valence-electron chi connectivity index (χ2n) is 6.36. The first-order valence-corrected chi connectivity index (χ1v) is 7.86. The van der Waals surface area contributed by atoms with E-state index in [0.717, 1.165) is 37.5 Å². The Morgan fingerprint density at radius 2 is 2.20 bits per heavy atom. The number of rotatable bonds is 3. The molecule has 1 saturated heterocycles. The van der Waals surface area contributed by atoms with Crippen LogP contribution in [0.5, 0.6) is 0 Å². The molecule has 0 radical (unpaired) electrons. The third kappa shape index (κ3) is 2.61. The summed E-state index contributed by atoms with van der Waals surface area (Å²) in [6.07, 6.45) is 7.95. The van der Waals surface area contributed by atoms with Crippen molar-refractivity contribution in [2.24, 2.45) is 5.92 Å². The molecule has 1 saturated carbocycles. The van der Waals surface area contributed by atoms with Crippen LogP contribution in [0.3, 0.4) is 0 Å². The number of hydrogen-bond acceptors (Lipinski definition) is 5. The molecule has 2 heterocycles. The minimum Gasteiger partial charge on any atom is -0.370 e. The predicted octanol–water partition coefficient (Wildman–Crippen LogP) is 2.94. The summed E-state index contributed by atoms with van der Waals surface area (Å²) in [6, 6.07) is 0.222. The second-order valence-corrected chi connectivity index (χ2v) is 6.36. The lowest BCUT2D eigenvalue weighted by Crippen LogP contribution is -2.35. The van der Waals surface area contributed by atoms with Gasteiger partial charge in [0.05, 0.1) is 6.04 Å². The normalized spacial score (nSPS) is 35.1. The summed E-state index contributed by atoms with van der Waals surface area (Å²) in [6.45, 7) is 3.31. The van der Waals surface area contributed by atoms with E-state index in [1.807, 2.05) is 0 Å². The zero-order valence-electron chi connectivity index (χ0n) is 12.5. The van der Waals surface area contributed by atoms with Crippen molar-refractivity contribution in [1.29, 1.82) is 0 Å². The van der Waals surface area contributed by atoms with Crippen LogP contribution in [0.2, 0.25) is 0 Å². The van der Waals surface area contributed by atoms with E-state index < -0.39 is 0 Å². The van der Waals surface area contributed by atoms with Gasteiger partial charge in [0, 0.05) is 7.11 Å². The first kappa shape index (κ1) is 14.0. The molecule has 2 unspecified atom stereocenters. The van der Waals surface area contributed by atoms with Gasteiger partial charge in [-0.15, -0.1) is 0 Å². The van der Waals surface area contributed by atoms with Crippen LogP contribution < -0.4 is 5.32 Å². The van der Waals surface area contributed by atoms with E-state index in [1.54, 1.807) is 7.11 Å². The number of piperidine rings is 1. The van der Waals surface area contributed by atoms with Crippen LogP contribution in [0.1, 0.15) is 69.6 Å². The van der Waals surface area contributed by atoms with Crippen molar-refractivity contribution in [3.8, 4) is 0 Å². The fourth-order valence-electron chi connectivity index (χ4n) is 3.61. The summed E-state index contributed by atoms with van der Waals surface area (Å²) in [7, 11) is 1.77. The van der Waals surface area contributed by atoms with Crippen molar-refractivity contribution in [1.82, 2.24) is 15.5 Å². The molecule has 1 aromatic rings. The first-order chi connectivity index (χ1) is 9.73. The molecule has 0 aromatic carbocycles. The summed E-state index contributed by atoms with van der Waals surface area (Å²) >= 11 is 0. The summed E-state index contributed by atoms with van der Waals surface area (Å²) < 4.78 is 11.3. The monoisotopic (exact) mass is 279 g/mol. The molecule has 5 nitrogen and oxygen atoms in total. The summed E-state index contributed by atoms with van der Waals surface area (Å²) in [5.41, 5.74) is -0.339. The molecule has 3 rings (SSSR count). The Morgan fingerprint density at radius 3 is 2.90 bits per heavy atom. The van der Waals surface area contributed by atoms with E-state index in [-0.39, 0.29) is 11.6 Å². The van der Waals surface area contributed by atoms with Gasteiger partial charge in [-0.1, -0.05) is 24.9 Å². The van der Waals surface area contributed by atoms with Gasteiger partial charge in [0.25, 0.3) is 0 Å². The smallest absolute Gasteiger partial charge is 0.243 e. The Balaban J connectivity index is 1.80. The van der Waals surface area contributed by atoms with Crippen molar-refractivity contribution >= 4 is 0 Å². The van der Waals surface area contributed by atoms with Gasteiger partial charge in [-0.3, -0.25) is 0 Å². The summed E-state index contributed by atoms with van der Waals surface area (Å²) in [4.78, 5) is 4.67. The molecule has 20 heavy (non-hydrogen) atoms. The molecule has 112 valence electrons. The fraction of sp³-hybridized carbons (Fsp3) is 0.867. The molecule has 0 amide bonds. The van der Waals surface area contributed by atoms with E-state index in [9.17, 15) is 0 Å². The lowest BCUT2D eigenvalue weighted by atomic mass is 9.78. The minimum atomic E-state index is -0.339. The molecule has 3 atom stereocenters. The summed E-state index contributed by atoms with van der Waals surface area (Å²) in [5, 5.41) is 7.70. The first-order valence-electron chi connectivity index (χ1n) is 7.86. The average Bonchev–Trinajstić information content (AvgIpc) is 2.98. The second kappa shape index (κ2) is 5.82.